The number of ether oxygens (including phenoxy) is 2. The third-order valence-electron chi connectivity index (χ3n) is 6.60. The van der Waals surface area contributed by atoms with Gasteiger partial charge in [0.1, 0.15) is 5.75 Å². The number of carbonyl (C=O) groups excluding carboxylic acids is 2. The summed E-state index contributed by atoms with van der Waals surface area (Å²) in [6.45, 7) is 8.84. The van der Waals surface area contributed by atoms with Crippen LogP contribution in [0.4, 0.5) is 10.5 Å². The maximum absolute atomic E-state index is 13.2. The Bertz CT molecular complexity index is 977. The van der Waals surface area contributed by atoms with E-state index in [0.717, 1.165) is 18.4 Å². The molecular weight excluding hydrogens is 512 g/mol. The van der Waals surface area contributed by atoms with Crippen molar-refractivity contribution >= 4 is 29.3 Å². The molecule has 0 saturated carbocycles. The van der Waals surface area contributed by atoms with Crippen LogP contribution in [-0.2, 0) is 16.1 Å². The lowest BCUT2D eigenvalue weighted by Gasteiger charge is -2.25. The number of urea groups is 1. The first-order valence-electron chi connectivity index (χ1n) is 14.5. The molecule has 0 fully saturated rings. The minimum absolute atomic E-state index is 0.142. The molecule has 39 heavy (non-hydrogen) atoms. The molecule has 2 amide bonds. The summed E-state index contributed by atoms with van der Waals surface area (Å²) in [4.78, 5) is 27.2. The van der Waals surface area contributed by atoms with Crippen LogP contribution in [0.5, 0.6) is 5.75 Å². The molecule has 0 aliphatic carbocycles. The van der Waals surface area contributed by atoms with Crippen LogP contribution in [0, 0.1) is 0 Å². The molecule has 0 bridgehead atoms. The summed E-state index contributed by atoms with van der Waals surface area (Å²) in [5, 5.41) is 3.62. The van der Waals surface area contributed by atoms with Crippen molar-refractivity contribution in [3.05, 3.63) is 59.1 Å². The predicted molar refractivity (Wildman–Crippen MR) is 161 cm³/mol. The second kappa shape index (κ2) is 17.8. The van der Waals surface area contributed by atoms with E-state index in [1.807, 2.05) is 29.2 Å². The topological polar surface area (TPSA) is 67.9 Å². The average molecular weight is 559 g/mol. The number of rotatable bonds is 18. The first-order chi connectivity index (χ1) is 18.7. The number of amides is 2. The highest BCUT2D eigenvalue weighted by atomic mass is 35.5. The van der Waals surface area contributed by atoms with Crippen LogP contribution in [0.1, 0.15) is 97.5 Å². The van der Waals surface area contributed by atoms with Crippen molar-refractivity contribution in [3.8, 4) is 5.75 Å². The first-order valence-corrected chi connectivity index (χ1v) is 14.9. The standard InChI is InChI=1S/C32H47ClN2O4/c1-5-7-8-9-10-11-12-13-14-15-24-35(31(37)34-28-20-18-27(33)19-21-28)25-26-16-22-29(23-17-26)39-32(3,4)30(36)38-6-2/h16-23H,5-15,24-25H2,1-4H3,(H,34,37). The van der Waals surface area contributed by atoms with Gasteiger partial charge in [-0.05, 0) is 69.2 Å². The van der Waals surface area contributed by atoms with Gasteiger partial charge in [0.15, 0.2) is 5.60 Å². The van der Waals surface area contributed by atoms with E-state index < -0.39 is 11.6 Å². The Morgan fingerprint density at radius 2 is 1.38 bits per heavy atom. The van der Waals surface area contributed by atoms with E-state index in [4.69, 9.17) is 21.1 Å². The predicted octanol–water partition coefficient (Wildman–Crippen LogP) is 9.02. The number of hydrogen-bond donors (Lipinski definition) is 1. The van der Waals surface area contributed by atoms with E-state index in [2.05, 4.69) is 12.2 Å². The maximum atomic E-state index is 13.2. The Balaban J connectivity index is 1.93. The highest BCUT2D eigenvalue weighted by Gasteiger charge is 2.31. The maximum Gasteiger partial charge on any atom is 0.349 e. The van der Waals surface area contributed by atoms with Gasteiger partial charge in [-0.1, -0.05) is 88.4 Å². The summed E-state index contributed by atoms with van der Waals surface area (Å²) >= 11 is 6.00. The lowest BCUT2D eigenvalue weighted by Crippen LogP contribution is -2.39. The minimum Gasteiger partial charge on any atom is -0.476 e. The van der Waals surface area contributed by atoms with Crippen LogP contribution < -0.4 is 10.1 Å². The third-order valence-corrected chi connectivity index (χ3v) is 6.85. The summed E-state index contributed by atoms with van der Waals surface area (Å²) in [6.07, 6.45) is 12.5. The Morgan fingerprint density at radius 1 is 0.821 bits per heavy atom. The second-order valence-electron chi connectivity index (χ2n) is 10.5. The zero-order valence-corrected chi connectivity index (χ0v) is 25.0. The van der Waals surface area contributed by atoms with Crippen molar-refractivity contribution in [2.45, 2.75) is 104 Å². The molecule has 2 rings (SSSR count). The van der Waals surface area contributed by atoms with Crippen molar-refractivity contribution in [1.82, 2.24) is 4.90 Å². The number of benzene rings is 2. The fraction of sp³-hybridized carbons (Fsp3) is 0.562. The van der Waals surface area contributed by atoms with Gasteiger partial charge >= 0.3 is 12.0 Å². The van der Waals surface area contributed by atoms with Gasteiger partial charge < -0.3 is 19.7 Å². The normalized spacial score (nSPS) is 11.2. The summed E-state index contributed by atoms with van der Waals surface area (Å²) in [6, 6.07) is 14.5. The molecule has 2 aromatic rings. The molecule has 0 atom stereocenters. The number of halogens is 1. The summed E-state index contributed by atoms with van der Waals surface area (Å²) in [5.41, 5.74) is 0.606. The summed E-state index contributed by atoms with van der Waals surface area (Å²) < 4.78 is 11.0. The van der Waals surface area contributed by atoms with Crippen LogP contribution in [0.15, 0.2) is 48.5 Å². The first kappa shape index (κ1) is 32.5. The fourth-order valence-electron chi connectivity index (χ4n) is 4.30. The van der Waals surface area contributed by atoms with Crippen LogP contribution in [0.3, 0.4) is 0 Å². The molecule has 0 heterocycles. The molecule has 0 unspecified atom stereocenters. The van der Waals surface area contributed by atoms with E-state index in [9.17, 15) is 9.59 Å². The lowest BCUT2D eigenvalue weighted by atomic mass is 10.1. The van der Waals surface area contributed by atoms with E-state index in [1.54, 1.807) is 45.0 Å². The lowest BCUT2D eigenvalue weighted by molar-refractivity contribution is -0.158. The molecule has 216 valence electrons. The number of carbonyl (C=O) groups is 2. The Morgan fingerprint density at radius 3 is 1.95 bits per heavy atom. The van der Waals surface area contributed by atoms with Crippen LogP contribution >= 0.6 is 11.6 Å². The molecule has 0 radical (unpaired) electrons. The van der Waals surface area contributed by atoms with Gasteiger partial charge in [0.25, 0.3) is 0 Å². The van der Waals surface area contributed by atoms with Crippen molar-refractivity contribution in [2.24, 2.45) is 0 Å². The van der Waals surface area contributed by atoms with Crippen LogP contribution in [-0.4, -0.2) is 35.7 Å². The summed E-state index contributed by atoms with van der Waals surface area (Å²) in [7, 11) is 0. The molecule has 0 aliphatic rings. The molecule has 7 heteroatoms. The highest BCUT2D eigenvalue weighted by Crippen LogP contribution is 2.22. The average Bonchev–Trinajstić information content (AvgIpc) is 2.91. The smallest absolute Gasteiger partial charge is 0.349 e. The van der Waals surface area contributed by atoms with E-state index >= 15 is 0 Å². The molecule has 6 nitrogen and oxygen atoms in total. The largest absolute Gasteiger partial charge is 0.476 e. The van der Waals surface area contributed by atoms with Crippen molar-refractivity contribution in [3.63, 3.8) is 0 Å². The third kappa shape index (κ3) is 12.8. The summed E-state index contributed by atoms with van der Waals surface area (Å²) in [5.74, 6) is 0.166. The monoisotopic (exact) mass is 558 g/mol. The van der Waals surface area contributed by atoms with Crippen molar-refractivity contribution in [1.29, 1.82) is 0 Å². The zero-order valence-electron chi connectivity index (χ0n) is 24.3. The number of esters is 1. The second-order valence-corrected chi connectivity index (χ2v) is 11.0. The molecule has 0 saturated heterocycles. The van der Waals surface area contributed by atoms with E-state index in [0.29, 0.717) is 36.2 Å². The molecule has 0 aliphatic heterocycles. The Labute approximate surface area is 240 Å². The number of nitrogens with one attached hydrogen (secondary N) is 1. The number of unbranched alkanes of at least 4 members (excludes halogenated alkanes) is 9. The van der Waals surface area contributed by atoms with Gasteiger partial charge in [-0.3, -0.25) is 0 Å². The van der Waals surface area contributed by atoms with Crippen molar-refractivity contribution in [2.75, 3.05) is 18.5 Å². The molecule has 1 N–H and O–H groups in total. The number of anilines is 1. The van der Waals surface area contributed by atoms with Gasteiger partial charge in [-0.2, -0.15) is 0 Å². The minimum atomic E-state index is -1.09. The van der Waals surface area contributed by atoms with E-state index in [-0.39, 0.29) is 6.03 Å². The van der Waals surface area contributed by atoms with Gasteiger partial charge in [0.05, 0.1) is 6.61 Å². The zero-order chi connectivity index (χ0) is 28.5. The number of hydrogen-bond acceptors (Lipinski definition) is 4. The Hall–Kier alpha value is -2.73. The molecular formula is C32H47ClN2O4. The molecule has 0 spiro atoms. The van der Waals surface area contributed by atoms with Crippen LogP contribution in [0.2, 0.25) is 5.02 Å². The van der Waals surface area contributed by atoms with Gasteiger partial charge in [0, 0.05) is 23.8 Å². The Kier molecular flexibility index (Phi) is 14.8. The fourth-order valence-corrected chi connectivity index (χ4v) is 4.43. The van der Waals surface area contributed by atoms with Gasteiger partial charge in [-0.25, -0.2) is 9.59 Å². The SMILES string of the molecule is CCCCCCCCCCCCN(Cc1ccc(OC(C)(C)C(=O)OCC)cc1)C(=O)Nc1ccc(Cl)cc1. The van der Waals surface area contributed by atoms with Gasteiger partial charge in [0.2, 0.25) is 0 Å². The van der Waals surface area contributed by atoms with E-state index in [1.165, 1.54) is 51.4 Å². The highest BCUT2D eigenvalue weighted by molar-refractivity contribution is 6.30. The quantitative estimate of drug-likeness (QED) is 0.146. The molecule has 2 aromatic carbocycles. The molecule has 0 aromatic heterocycles. The van der Waals surface area contributed by atoms with Crippen LogP contribution in [0.25, 0.3) is 0 Å². The van der Waals surface area contributed by atoms with Crippen molar-refractivity contribution < 1.29 is 19.1 Å². The number of nitrogens with zero attached hydrogens (tertiary/aromatic N) is 1. The van der Waals surface area contributed by atoms with Gasteiger partial charge in [-0.15, -0.1) is 0 Å².